The Balaban J connectivity index is 1.20. The fraction of sp³-hybridized carbons (Fsp3) is 0.652. The van der Waals surface area contributed by atoms with Crippen molar-refractivity contribution in [3.8, 4) is 0 Å². The quantitative estimate of drug-likeness (QED) is 0.772. The number of rotatable bonds is 7. The van der Waals surface area contributed by atoms with E-state index in [0.717, 1.165) is 17.8 Å². The third-order valence-corrected chi connectivity index (χ3v) is 7.12. The van der Waals surface area contributed by atoms with Gasteiger partial charge < -0.3 is 10.6 Å². The first-order valence-electron chi connectivity index (χ1n) is 10.6. The van der Waals surface area contributed by atoms with Crippen molar-refractivity contribution in [1.82, 2.24) is 10.6 Å². The van der Waals surface area contributed by atoms with Gasteiger partial charge in [-0.3, -0.25) is 9.59 Å². The van der Waals surface area contributed by atoms with Gasteiger partial charge in [-0.25, -0.2) is 0 Å². The third kappa shape index (κ3) is 4.36. The summed E-state index contributed by atoms with van der Waals surface area (Å²) in [6.45, 7) is 2.78. The summed E-state index contributed by atoms with van der Waals surface area (Å²) >= 11 is 0. The smallest absolute Gasteiger partial charge is 0.239 e. The van der Waals surface area contributed by atoms with E-state index in [1.165, 1.54) is 44.1 Å². The molecule has 2 N–H and O–H groups in total. The van der Waals surface area contributed by atoms with Crippen molar-refractivity contribution in [3.63, 3.8) is 0 Å². The third-order valence-electron chi connectivity index (χ3n) is 7.12. The minimum atomic E-state index is -0.100. The highest BCUT2D eigenvalue weighted by Crippen LogP contribution is 2.61. The Kier molecular flexibility index (Phi) is 5.25. The molecule has 0 heterocycles. The normalized spacial score (nSPS) is 32.1. The molecule has 1 unspecified atom stereocenters. The molecule has 4 aliphatic carbocycles. The lowest BCUT2D eigenvalue weighted by atomic mass is 9.49. The van der Waals surface area contributed by atoms with E-state index in [0.29, 0.717) is 13.0 Å². The van der Waals surface area contributed by atoms with Crippen LogP contribution in [0.25, 0.3) is 0 Å². The molecule has 0 aliphatic heterocycles. The number of benzene rings is 1. The Hall–Kier alpha value is -1.84. The Morgan fingerprint density at radius 3 is 2.15 bits per heavy atom. The number of amides is 2. The first-order valence-corrected chi connectivity index (χ1v) is 10.6. The number of hydrogen-bond acceptors (Lipinski definition) is 2. The summed E-state index contributed by atoms with van der Waals surface area (Å²) < 4.78 is 0. The molecule has 5 rings (SSSR count). The molecule has 0 radical (unpaired) electrons. The Bertz CT molecular complexity index is 650. The maximum atomic E-state index is 12.5. The molecule has 1 atom stereocenters. The van der Waals surface area contributed by atoms with E-state index < -0.39 is 0 Å². The molecule has 0 saturated heterocycles. The average molecular weight is 369 g/mol. The number of carbonyl (C=O) groups is 2. The van der Waals surface area contributed by atoms with E-state index in [1.54, 1.807) is 0 Å². The van der Waals surface area contributed by atoms with Gasteiger partial charge in [0.15, 0.2) is 0 Å². The van der Waals surface area contributed by atoms with Crippen LogP contribution in [-0.4, -0.2) is 24.9 Å². The molecule has 4 saturated carbocycles. The molecular weight excluding hydrogens is 336 g/mol. The summed E-state index contributed by atoms with van der Waals surface area (Å²) in [7, 11) is 0. The molecule has 4 aliphatic rings. The van der Waals surface area contributed by atoms with Crippen molar-refractivity contribution in [2.75, 3.05) is 13.1 Å². The van der Waals surface area contributed by atoms with Gasteiger partial charge >= 0.3 is 0 Å². The largest absolute Gasteiger partial charge is 0.354 e. The first-order chi connectivity index (χ1) is 13.0. The molecule has 4 nitrogen and oxygen atoms in total. The Labute approximate surface area is 162 Å². The van der Waals surface area contributed by atoms with Gasteiger partial charge in [-0.15, -0.1) is 0 Å². The summed E-state index contributed by atoms with van der Waals surface area (Å²) in [5.74, 6) is 2.78. The minimum absolute atomic E-state index is 0.0585. The lowest BCUT2D eigenvalue weighted by Gasteiger charge is -2.56. The second kappa shape index (κ2) is 7.65. The van der Waals surface area contributed by atoms with Crippen LogP contribution in [0.4, 0.5) is 0 Å². The summed E-state index contributed by atoms with van der Waals surface area (Å²) in [5, 5.41) is 5.81. The minimum Gasteiger partial charge on any atom is -0.354 e. The van der Waals surface area contributed by atoms with Gasteiger partial charge in [-0.05, 0) is 73.2 Å². The van der Waals surface area contributed by atoms with Crippen molar-refractivity contribution in [2.45, 2.75) is 57.8 Å². The fourth-order valence-electron chi connectivity index (χ4n) is 6.32. The summed E-state index contributed by atoms with van der Waals surface area (Å²) in [6, 6.07) is 10.2. The van der Waals surface area contributed by atoms with Crippen molar-refractivity contribution in [2.24, 2.45) is 23.2 Å². The zero-order chi connectivity index (χ0) is 18.9. The van der Waals surface area contributed by atoms with Gasteiger partial charge in [0.05, 0.1) is 6.54 Å². The van der Waals surface area contributed by atoms with Gasteiger partial charge in [0.2, 0.25) is 11.8 Å². The maximum absolute atomic E-state index is 12.5. The molecule has 0 aromatic heterocycles. The Morgan fingerprint density at radius 1 is 0.963 bits per heavy atom. The van der Waals surface area contributed by atoms with Crippen LogP contribution in [0.1, 0.15) is 63.4 Å². The average Bonchev–Trinajstić information content (AvgIpc) is 2.63. The number of carbonyl (C=O) groups excluding carboxylic acids is 2. The predicted molar refractivity (Wildman–Crippen MR) is 106 cm³/mol. The van der Waals surface area contributed by atoms with E-state index in [2.05, 4.69) is 29.7 Å². The van der Waals surface area contributed by atoms with Crippen LogP contribution < -0.4 is 10.6 Å². The van der Waals surface area contributed by atoms with Gasteiger partial charge in [-0.1, -0.05) is 37.3 Å². The molecule has 1 aromatic carbocycles. The number of hydrogen-bond donors (Lipinski definition) is 2. The molecule has 4 bridgehead atoms. The van der Waals surface area contributed by atoms with Gasteiger partial charge in [0.1, 0.15) is 0 Å². The summed E-state index contributed by atoms with van der Waals surface area (Å²) in [6.07, 6.45) is 8.48. The summed E-state index contributed by atoms with van der Waals surface area (Å²) in [4.78, 5) is 24.6. The van der Waals surface area contributed by atoms with E-state index in [9.17, 15) is 9.59 Å². The zero-order valence-corrected chi connectivity index (χ0v) is 16.4. The first kappa shape index (κ1) is 18.5. The molecule has 1 aromatic rings. The highest BCUT2D eigenvalue weighted by atomic mass is 16.2. The zero-order valence-electron chi connectivity index (χ0n) is 16.4. The fourth-order valence-corrected chi connectivity index (χ4v) is 6.32. The Morgan fingerprint density at radius 2 is 1.56 bits per heavy atom. The van der Waals surface area contributed by atoms with Crippen LogP contribution in [-0.2, 0) is 9.59 Å². The standard InChI is InChI=1S/C23H32N2O2/c1-16(20-5-3-2-4-6-20)14-24-22(27)15-25-21(26)13-23-10-17-7-18(11-23)9-19(8-17)12-23/h2-6,16-19H,7-15H2,1H3,(H,24,27)(H,25,26). The van der Waals surface area contributed by atoms with Crippen molar-refractivity contribution < 1.29 is 9.59 Å². The van der Waals surface area contributed by atoms with Crippen molar-refractivity contribution in [1.29, 1.82) is 0 Å². The molecule has 2 amide bonds. The number of nitrogens with one attached hydrogen (secondary N) is 2. The second-order valence-corrected chi connectivity index (χ2v) is 9.49. The topological polar surface area (TPSA) is 58.2 Å². The van der Waals surface area contributed by atoms with Gasteiger partial charge in [-0.2, -0.15) is 0 Å². The van der Waals surface area contributed by atoms with Crippen LogP contribution in [0, 0.1) is 23.2 Å². The molecule has 27 heavy (non-hydrogen) atoms. The summed E-state index contributed by atoms with van der Waals surface area (Å²) in [5.41, 5.74) is 1.44. The van der Waals surface area contributed by atoms with Gasteiger partial charge in [0, 0.05) is 13.0 Å². The maximum Gasteiger partial charge on any atom is 0.239 e. The predicted octanol–water partition coefficient (Wildman–Crippen LogP) is 3.63. The highest BCUT2D eigenvalue weighted by Gasteiger charge is 2.51. The molecule has 0 spiro atoms. The van der Waals surface area contributed by atoms with Crippen LogP contribution in [0.15, 0.2) is 30.3 Å². The van der Waals surface area contributed by atoms with Crippen LogP contribution in [0.3, 0.4) is 0 Å². The van der Waals surface area contributed by atoms with Crippen LogP contribution in [0.2, 0.25) is 0 Å². The SMILES string of the molecule is CC(CNC(=O)CNC(=O)CC12CC3CC(CC(C3)C1)C2)c1ccccc1. The monoisotopic (exact) mass is 368 g/mol. The van der Waals surface area contributed by atoms with Crippen molar-refractivity contribution in [3.05, 3.63) is 35.9 Å². The van der Waals surface area contributed by atoms with E-state index in [1.807, 2.05) is 18.2 Å². The molecule has 4 fully saturated rings. The second-order valence-electron chi connectivity index (χ2n) is 9.49. The van der Waals surface area contributed by atoms with E-state index in [4.69, 9.17) is 0 Å². The molecular formula is C23H32N2O2. The van der Waals surface area contributed by atoms with E-state index in [-0.39, 0.29) is 29.7 Å². The van der Waals surface area contributed by atoms with Crippen molar-refractivity contribution >= 4 is 11.8 Å². The lowest BCUT2D eigenvalue weighted by molar-refractivity contribution is -0.131. The lowest BCUT2D eigenvalue weighted by Crippen LogP contribution is -2.48. The van der Waals surface area contributed by atoms with Gasteiger partial charge in [0.25, 0.3) is 0 Å². The molecule has 4 heteroatoms. The highest BCUT2D eigenvalue weighted by molar-refractivity contribution is 5.85. The van der Waals surface area contributed by atoms with E-state index >= 15 is 0 Å². The van der Waals surface area contributed by atoms with Crippen LogP contribution in [0.5, 0.6) is 0 Å². The molecule has 146 valence electrons. The van der Waals surface area contributed by atoms with Crippen LogP contribution >= 0.6 is 0 Å².